The molecule has 0 heterocycles. The maximum absolute atomic E-state index is 5.99. The molecule has 0 spiro atoms. The molecule has 0 radical (unpaired) electrons. The van der Waals surface area contributed by atoms with Crippen molar-refractivity contribution in [1.82, 2.24) is 0 Å². The van der Waals surface area contributed by atoms with Gasteiger partial charge in [-0.3, -0.25) is 0 Å². The molecule has 0 bridgehead atoms. The van der Waals surface area contributed by atoms with E-state index in [0.29, 0.717) is 51.5 Å². The van der Waals surface area contributed by atoms with E-state index in [1.807, 2.05) is 63.1 Å². The van der Waals surface area contributed by atoms with Gasteiger partial charge in [0.05, 0.1) is 0 Å². The molecule has 0 saturated heterocycles. The van der Waals surface area contributed by atoms with Crippen molar-refractivity contribution >= 4 is 39.2 Å². The standard InChI is InChI=1S/C20H46O6S2Si2/c1-9-21-29(22-10-2,23-11-3)17-19(7)15-27-28-16-20(8)18-30(24-12-4,25-13-5)26-14-6/h19-20H,9-18H2,1-8H3. The molecule has 0 aromatic heterocycles. The van der Waals surface area contributed by atoms with Gasteiger partial charge in [0.15, 0.2) is 0 Å². The highest BCUT2D eigenvalue weighted by Gasteiger charge is 2.42. The zero-order valence-electron chi connectivity index (χ0n) is 20.5. The molecule has 10 heteroatoms. The molecule has 0 aromatic rings. The second kappa shape index (κ2) is 18.3. The lowest BCUT2D eigenvalue weighted by atomic mass is 10.3. The lowest BCUT2D eigenvalue weighted by Crippen LogP contribution is -2.47. The van der Waals surface area contributed by atoms with E-state index in [0.717, 1.165) is 23.6 Å². The first-order chi connectivity index (χ1) is 14.4. The third kappa shape index (κ3) is 12.8. The SMILES string of the molecule is CCO[Si](CC(C)CSSCC(C)C[Si](OCC)(OCC)OCC)(OCC)OCC. The molecule has 0 aromatic carbocycles. The molecule has 6 nitrogen and oxygen atoms in total. The zero-order chi connectivity index (χ0) is 22.9. The van der Waals surface area contributed by atoms with Gasteiger partial charge in [0.1, 0.15) is 0 Å². The number of hydrogen-bond donors (Lipinski definition) is 0. The first-order valence-corrected chi connectivity index (χ1v) is 17.8. The molecule has 0 aliphatic heterocycles. The van der Waals surface area contributed by atoms with Gasteiger partial charge in [0.2, 0.25) is 0 Å². The Labute approximate surface area is 196 Å². The molecular formula is C20H46O6S2Si2. The maximum atomic E-state index is 5.99. The summed E-state index contributed by atoms with van der Waals surface area (Å²) in [5, 5.41) is 0. The Morgan fingerprint density at radius 1 is 0.500 bits per heavy atom. The molecule has 30 heavy (non-hydrogen) atoms. The van der Waals surface area contributed by atoms with Crippen LogP contribution in [0.15, 0.2) is 0 Å². The van der Waals surface area contributed by atoms with Crippen LogP contribution in [-0.4, -0.2) is 68.8 Å². The highest BCUT2D eigenvalue weighted by Crippen LogP contribution is 2.32. The third-order valence-corrected chi connectivity index (χ3v) is 13.8. The summed E-state index contributed by atoms with van der Waals surface area (Å²) in [6.07, 6.45) is 0. The van der Waals surface area contributed by atoms with E-state index < -0.39 is 17.6 Å². The summed E-state index contributed by atoms with van der Waals surface area (Å²) in [5.41, 5.74) is 0. The topological polar surface area (TPSA) is 55.4 Å². The summed E-state index contributed by atoms with van der Waals surface area (Å²) in [6.45, 7) is 20.3. The van der Waals surface area contributed by atoms with Crippen molar-refractivity contribution in [3.05, 3.63) is 0 Å². The second-order valence-corrected chi connectivity index (χ2v) is 15.0. The van der Waals surface area contributed by atoms with E-state index in [4.69, 9.17) is 26.6 Å². The van der Waals surface area contributed by atoms with Crippen LogP contribution in [-0.2, 0) is 26.6 Å². The van der Waals surface area contributed by atoms with Gasteiger partial charge in [-0.15, -0.1) is 0 Å². The summed E-state index contributed by atoms with van der Waals surface area (Å²) >= 11 is 0. The molecule has 0 aliphatic carbocycles. The van der Waals surface area contributed by atoms with Crippen molar-refractivity contribution in [3.8, 4) is 0 Å². The van der Waals surface area contributed by atoms with Crippen LogP contribution in [0.4, 0.5) is 0 Å². The Morgan fingerprint density at radius 3 is 0.933 bits per heavy atom. The zero-order valence-corrected chi connectivity index (χ0v) is 24.1. The van der Waals surface area contributed by atoms with Crippen LogP contribution in [0.2, 0.25) is 12.1 Å². The molecule has 0 N–H and O–H groups in total. The van der Waals surface area contributed by atoms with Crippen LogP contribution in [0.3, 0.4) is 0 Å². The van der Waals surface area contributed by atoms with Crippen LogP contribution in [0, 0.1) is 11.8 Å². The minimum absolute atomic E-state index is 0.470. The highest BCUT2D eigenvalue weighted by atomic mass is 33.1. The Balaban J connectivity index is 4.52. The fraction of sp³-hybridized carbons (Fsp3) is 1.00. The predicted octanol–water partition coefficient (Wildman–Crippen LogP) is 5.74. The van der Waals surface area contributed by atoms with Crippen molar-refractivity contribution < 1.29 is 26.6 Å². The van der Waals surface area contributed by atoms with E-state index in [1.54, 1.807) is 0 Å². The second-order valence-electron chi connectivity index (χ2n) is 7.15. The lowest BCUT2D eigenvalue weighted by molar-refractivity contribution is 0.0675. The Morgan fingerprint density at radius 2 is 0.733 bits per heavy atom. The minimum Gasteiger partial charge on any atom is -0.374 e. The average molecular weight is 503 g/mol. The lowest BCUT2D eigenvalue weighted by Gasteiger charge is -2.31. The largest absolute Gasteiger partial charge is 0.501 e. The number of rotatable bonds is 21. The van der Waals surface area contributed by atoms with E-state index >= 15 is 0 Å². The molecular weight excluding hydrogens is 457 g/mol. The van der Waals surface area contributed by atoms with Crippen molar-refractivity contribution in [1.29, 1.82) is 0 Å². The maximum Gasteiger partial charge on any atom is 0.501 e. The van der Waals surface area contributed by atoms with Crippen molar-refractivity contribution in [3.63, 3.8) is 0 Å². The number of hydrogen-bond acceptors (Lipinski definition) is 8. The smallest absolute Gasteiger partial charge is 0.374 e. The molecule has 0 saturated carbocycles. The van der Waals surface area contributed by atoms with Gasteiger partial charge >= 0.3 is 17.6 Å². The molecule has 0 amide bonds. The van der Waals surface area contributed by atoms with Crippen LogP contribution in [0.5, 0.6) is 0 Å². The summed E-state index contributed by atoms with van der Waals surface area (Å²) in [6, 6.07) is 1.72. The van der Waals surface area contributed by atoms with Crippen LogP contribution >= 0.6 is 21.6 Å². The van der Waals surface area contributed by atoms with Crippen LogP contribution < -0.4 is 0 Å². The molecule has 0 fully saturated rings. The molecule has 2 unspecified atom stereocenters. The summed E-state index contributed by atoms with van der Waals surface area (Å²) in [5.74, 6) is 3.03. The van der Waals surface area contributed by atoms with Gasteiger partial charge in [0, 0.05) is 63.2 Å². The van der Waals surface area contributed by atoms with Crippen molar-refractivity contribution in [2.45, 2.75) is 67.5 Å². The predicted molar refractivity (Wildman–Crippen MR) is 134 cm³/mol. The Hall–Kier alpha value is 0.894. The van der Waals surface area contributed by atoms with Crippen molar-refractivity contribution in [2.24, 2.45) is 11.8 Å². The molecule has 0 aliphatic rings. The van der Waals surface area contributed by atoms with E-state index in [2.05, 4.69) is 13.8 Å². The highest BCUT2D eigenvalue weighted by molar-refractivity contribution is 8.76. The van der Waals surface area contributed by atoms with E-state index in [1.165, 1.54) is 0 Å². The van der Waals surface area contributed by atoms with E-state index in [9.17, 15) is 0 Å². The van der Waals surface area contributed by atoms with Crippen molar-refractivity contribution in [2.75, 3.05) is 51.1 Å². The average Bonchev–Trinajstić information content (AvgIpc) is 2.66. The fourth-order valence-corrected chi connectivity index (χ4v) is 12.3. The first-order valence-electron chi connectivity index (χ1n) is 11.4. The third-order valence-electron chi connectivity index (χ3n) is 4.17. The summed E-state index contributed by atoms with van der Waals surface area (Å²) in [7, 11) is -1.30. The molecule has 182 valence electrons. The van der Waals surface area contributed by atoms with Gasteiger partial charge in [-0.2, -0.15) is 0 Å². The molecule has 2 atom stereocenters. The van der Waals surface area contributed by atoms with Gasteiger partial charge in [-0.25, -0.2) is 0 Å². The Bertz CT molecular complexity index is 339. The van der Waals surface area contributed by atoms with Gasteiger partial charge in [-0.1, -0.05) is 35.4 Å². The summed E-state index contributed by atoms with van der Waals surface area (Å²) in [4.78, 5) is 0. The van der Waals surface area contributed by atoms with Gasteiger partial charge < -0.3 is 26.6 Å². The molecule has 0 rings (SSSR count). The van der Waals surface area contributed by atoms with Gasteiger partial charge in [0.25, 0.3) is 0 Å². The van der Waals surface area contributed by atoms with Crippen LogP contribution in [0.25, 0.3) is 0 Å². The minimum atomic E-state index is -2.57. The Kier molecular flexibility index (Phi) is 18.9. The quantitative estimate of drug-likeness (QED) is 0.112. The first kappa shape index (κ1) is 30.9. The summed E-state index contributed by atoms with van der Waals surface area (Å²) < 4.78 is 35.9. The van der Waals surface area contributed by atoms with E-state index in [-0.39, 0.29) is 0 Å². The van der Waals surface area contributed by atoms with Gasteiger partial charge in [-0.05, 0) is 53.4 Å². The monoisotopic (exact) mass is 502 g/mol. The normalized spacial score (nSPS) is 14.8. The fourth-order valence-electron chi connectivity index (χ4n) is 3.22. The van der Waals surface area contributed by atoms with Crippen LogP contribution in [0.1, 0.15) is 55.4 Å².